The van der Waals surface area contributed by atoms with Gasteiger partial charge < -0.3 is 14.8 Å². The number of nitro groups is 1. The predicted octanol–water partition coefficient (Wildman–Crippen LogP) is 2.34. The number of nitrogens with zero attached hydrogens (tertiary/aromatic N) is 3. The van der Waals surface area contributed by atoms with E-state index in [2.05, 4.69) is 15.3 Å². The summed E-state index contributed by atoms with van der Waals surface area (Å²) in [5, 5.41) is 13.5. The summed E-state index contributed by atoms with van der Waals surface area (Å²) in [7, 11) is 1.37. The highest BCUT2D eigenvalue weighted by atomic mass is 16.6. The number of esters is 1. The molecule has 1 amide bonds. The van der Waals surface area contributed by atoms with Crippen LogP contribution in [0.5, 0.6) is 5.75 Å². The van der Waals surface area contributed by atoms with Gasteiger partial charge in [0, 0.05) is 12.4 Å². The molecule has 0 aliphatic heterocycles. The van der Waals surface area contributed by atoms with Crippen LogP contribution in [-0.2, 0) is 9.53 Å². The molecule has 0 aliphatic carbocycles. The molecule has 1 N–H and O–H groups in total. The van der Waals surface area contributed by atoms with Crippen LogP contribution in [0.4, 0.5) is 11.4 Å². The molecule has 10 nitrogen and oxygen atoms in total. The van der Waals surface area contributed by atoms with E-state index in [0.29, 0.717) is 11.0 Å². The van der Waals surface area contributed by atoms with Crippen molar-refractivity contribution in [2.45, 2.75) is 0 Å². The van der Waals surface area contributed by atoms with Gasteiger partial charge in [-0.3, -0.25) is 24.9 Å². The molecule has 3 rings (SSSR count). The molecule has 0 radical (unpaired) electrons. The van der Waals surface area contributed by atoms with Crippen molar-refractivity contribution in [3.8, 4) is 5.75 Å². The van der Waals surface area contributed by atoms with Crippen LogP contribution in [0.3, 0.4) is 0 Å². The van der Waals surface area contributed by atoms with Crippen molar-refractivity contribution in [1.82, 2.24) is 9.97 Å². The fourth-order valence-corrected chi connectivity index (χ4v) is 2.39. The Bertz CT molecular complexity index is 1070. The van der Waals surface area contributed by atoms with E-state index in [4.69, 9.17) is 9.47 Å². The Morgan fingerprint density at radius 2 is 1.86 bits per heavy atom. The topological polar surface area (TPSA) is 134 Å². The number of fused-ring (bicyclic) bond motifs is 1. The Morgan fingerprint density at radius 3 is 2.57 bits per heavy atom. The number of hydrogen-bond donors (Lipinski definition) is 1. The summed E-state index contributed by atoms with van der Waals surface area (Å²) in [5.41, 5.74) is 0.954. The lowest BCUT2D eigenvalue weighted by Gasteiger charge is -2.08. The van der Waals surface area contributed by atoms with Gasteiger partial charge in [-0.25, -0.2) is 4.79 Å². The van der Waals surface area contributed by atoms with E-state index in [-0.39, 0.29) is 22.7 Å². The quantitative estimate of drug-likeness (QED) is 0.390. The molecule has 28 heavy (non-hydrogen) atoms. The van der Waals surface area contributed by atoms with Crippen LogP contribution in [-0.4, -0.2) is 40.5 Å². The summed E-state index contributed by atoms with van der Waals surface area (Å²) >= 11 is 0. The highest BCUT2D eigenvalue weighted by molar-refractivity contribution is 5.98. The Balaban J connectivity index is 1.65. The van der Waals surface area contributed by atoms with Gasteiger partial charge >= 0.3 is 5.97 Å². The molecule has 1 aromatic heterocycles. The zero-order valence-corrected chi connectivity index (χ0v) is 14.6. The fourth-order valence-electron chi connectivity index (χ4n) is 2.39. The largest absolute Gasteiger partial charge is 0.496 e. The van der Waals surface area contributed by atoms with E-state index in [9.17, 15) is 19.7 Å². The molecule has 0 saturated carbocycles. The van der Waals surface area contributed by atoms with Gasteiger partial charge in [0.25, 0.3) is 11.6 Å². The molecule has 0 aliphatic rings. The van der Waals surface area contributed by atoms with Crippen molar-refractivity contribution >= 4 is 34.3 Å². The first-order valence-electron chi connectivity index (χ1n) is 7.98. The minimum Gasteiger partial charge on any atom is -0.496 e. The first-order chi connectivity index (χ1) is 13.5. The van der Waals surface area contributed by atoms with Crippen molar-refractivity contribution in [3.05, 3.63) is 64.5 Å². The molecule has 0 bridgehead atoms. The molecular formula is C18H14N4O6. The third kappa shape index (κ3) is 4.18. The second-order valence-electron chi connectivity index (χ2n) is 5.52. The van der Waals surface area contributed by atoms with Crippen LogP contribution >= 0.6 is 0 Å². The number of ether oxygens (including phenoxy) is 2. The number of amides is 1. The smallest absolute Gasteiger partial charge is 0.338 e. The number of carbonyl (C=O) groups is 2. The SMILES string of the molecule is COc1ccc(NC(=O)COC(=O)c2ccc3nccnc3c2)c([N+](=O)[O-])c1. The molecule has 0 spiro atoms. The summed E-state index contributed by atoms with van der Waals surface area (Å²) in [4.78, 5) is 42.8. The maximum atomic E-state index is 12.1. The lowest BCUT2D eigenvalue weighted by Crippen LogP contribution is -2.21. The number of aromatic nitrogens is 2. The molecule has 0 atom stereocenters. The van der Waals surface area contributed by atoms with E-state index < -0.39 is 23.4 Å². The summed E-state index contributed by atoms with van der Waals surface area (Å²) in [5.74, 6) is -1.18. The summed E-state index contributed by atoms with van der Waals surface area (Å²) in [6.45, 7) is -0.611. The minimum atomic E-state index is -0.730. The van der Waals surface area contributed by atoms with E-state index in [0.717, 1.165) is 0 Å². The average Bonchev–Trinajstić information content (AvgIpc) is 2.71. The van der Waals surface area contributed by atoms with Gasteiger partial charge in [-0.05, 0) is 30.3 Å². The van der Waals surface area contributed by atoms with Crippen LogP contribution < -0.4 is 10.1 Å². The van der Waals surface area contributed by atoms with E-state index in [1.165, 1.54) is 49.8 Å². The van der Waals surface area contributed by atoms with Crippen molar-refractivity contribution in [2.75, 3.05) is 19.0 Å². The van der Waals surface area contributed by atoms with Crippen molar-refractivity contribution in [3.63, 3.8) is 0 Å². The van der Waals surface area contributed by atoms with Gasteiger partial charge in [-0.15, -0.1) is 0 Å². The molecule has 0 saturated heterocycles. The van der Waals surface area contributed by atoms with Crippen LogP contribution in [0.25, 0.3) is 11.0 Å². The normalized spacial score (nSPS) is 10.3. The van der Waals surface area contributed by atoms with Gasteiger partial charge in [0.05, 0.1) is 34.7 Å². The second-order valence-corrected chi connectivity index (χ2v) is 5.52. The lowest BCUT2D eigenvalue weighted by atomic mass is 10.2. The number of nitrogens with one attached hydrogen (secondary N) is 1. The first kappa shape index (κ1) is 18.7. The molecular weight excluding hydrogens is 368 g/mol. The van der Waals surface area contributed by atoms with Crippen molar-refractivity contribution in [2.24, 2.45) is 0 Å². The van der Waals surface area contributed by atoms with Crippen molar-refractivity contribution < 1.29 is 24.0 Å². The number of methoxy groups -OCH3 is 1. The Morgan fingerprint density at radius 1 is 1.11 bits per heavy atom. The Hall–Kier alpha value is -4.08. The number of carbonyl (C=O) groups excluding carboxylic acids is 2. The van der Waals surface area contributed by atoms with E-state index in [1.54, 1.807) is 6.07 Å². The zero-order chi connectivity index (χ0) is 20.1. The third-order valence-electron chi connectivity index (χ3n) is 3.72. The van der Waals surface area contributed by atoms with E-state index in [1.807, 2.05) is 0 Å². The molecule has 142 valence electrons. The summed E-state index contributed by atoms with van der Waals surface area (Å²) in [6.07, 6.45) is 3.02. The zero-order valence-electron chi connectivity index (χ0n) is 14.6. The summed E-state index contributed by atoms with van der Waals surface area (Å²) in [6, 6.07) is 8.59. The second kappa shape index (κ2) is 8.08. The molecule has 2 aromatic carbocycles. The van der Waals surface area contributed by atoms with Crippen LogP contribution in [0.1, 0.15) is 10.4 Å². The monoisotopic (exact) mass is 382 g/mol. The lowest BCUT2D eigenvalue weighted by molar-refractivity contribution is -0.384. The minimum absolute atomic E-state index is 0.0344. The van der Waals surface area contributed by atoms with Crippen molar-refractivity contribution in [1.29, 1.82) is 0 Å². The number of rotatable bonds is 6. The maximum absolute atomic E-state index is 12.1. The number of benzene rings is 2. The Kier molecular flexibility index (Phi) is 5.40. The number of hydrogen-bond acceptors (Lipinski definition) is 8. The molecule has 3 aromatic rings. The standard InChI is InChI=1S/C18H14N4O6/c1-27-12-3-5-14(16(9-12)22(25)26)21-17(23)10-28-18(24)11-2-4-13-15(8-11)20-7-6-19-13/h2-9H,10H2,1H3,(H,21,23). The summed E-state index contributed by atoms with van der Waals surface area (Å²) < 4.78 is 9.89. The van der Waals surface area contributed by atoms with E-state index >= 15 is 0 Å². The first-order valence-corrected chi connectivity index (χ1v) is 7.98. The number of nitro benzene ring substituents is 1. The van der Waals surface area contributed by atoms with Crippen LogP contribution in [0, 0.1) is 10.1 Å². The highest BCUT2D eigenvalue weighted by Crippen LogP contribution is 2.28. The maximum Gasteiger partial charge on any atom is 0.338 e. The van der Waals surface area contributed by atoms with Gasteiger partial charge in [-0.1, -0.05) is 0 Å². The molecule has 10 heteroatoms. The highest BCUT2D eigenvalue weighted by Gasteiger charge is 2.18. The van der Waals surface area contributed by atoms with Gasteiger partial charge in [0.1, 0.15) is 11.4 Å². The third-order valence-corrected chi connectivity index (χ3v) is 3.72. The van der Waals surface area contributed by atoms with Gasteiger partial charge in [0.15, 0.2) is 6.61 Å². The average molecular weight is 382 g/mol. The Labute approximate surface area is 158 Å². The van der Waals surface area contributed by atoms with Gasteiger partial charge in [-0.2, -0.15) is 0 Å². The predicted molar refractivity (Wildman–Crippen MR) is 98.1 cm³/mol. The van der Waals surface area contributed by atoms with Gasteiger partial charge in [0.2, 0.25) is 0 Å². The molecule has 0 fully saturated rings. The van der Waals surface area contributed by atoms with Crippen LogP contribution in [0.15, 0.2) is 48.8 Å². The molecule has 0 unspecified atom stereocenters. The fraction of sp³-hybridized carbons (Fsp3) is 0.111. The molecule has 1 heterocycles. The number of anilines is 1. The van der Waals surface area contributed by atoms with Crippen LogP contribution in [0.2, 0.25) is 0 Å².